The van der Waals surface area contributed by atoms with Gasteiger partial charge in [-0.3, -0.25) is 4.79 Å². The van der Waals surface area contributed by atoms with Crippen LogP contribution in [-0.2, 0) is 0 Å². The number of hydrogen-bond acceptors (Lipinski definition) is 3. The van der Waals surface area contributed by atoms with E-state index >= 15 is 0 Å². The van der Waals surface area contributed by atoms with Crippen molar-refractivity contribution in [2.45, 2.75) is 45.4 Å². The second-order valence-electron chi connectivity index (χ2n) is 5.28. The third kappa shape index (κ3) is 2.96. The Labute approximate surface area is 107 Å². The zero-order chi connectivity index (χ0) is 12.3. The van der Waals surface area contributed by atoms with Gasteiger partial charge in [-0.15, -0.1) is 11.3 Å². The Kier molecular flexibility index (Phi) is 4.00. The fourth-order valence-electron chi connectivity index (χ4n) is 2.77. The maximum atomic E-state index is 12.2. The third-order valence-corrected chi connectivity index (χ3v) is 4.94. The summed E-state index contributed by atoms with van der Waals surface area (Å²) in [7, 11) is 0. The van der Waals surface area contributed by atoms with Crippen molar-refractivity contribution in [2.24, 2.45) is 11.1 Å². The molecule has 2 rings (SSSR count). The highest BCUT2D eigenvalue weighted by Gasteiger charge is 2.33. The van der Waals surface area contributed by atoms with Gasteiger partial charge >= 0.3 is 0 Å². The molecule has 0 bridgehead atoms. The Hall–Kier alpha value is -0.670. The molecule has 1 heterocycles. The molecule has 0 atom stereocenters. The number of Topliss-reactive ketones (excluding diaryl/α,β-unsaturated/α-hetero) is 1. The van der Waals surface area contributed by atoms with Gasteiger partial charge in [0.2, 0.25) is 0 Å². The monoisotopic (exact) mass is 251 g/mol. The van der Waals surface area contributed by atoms with Gasteiger partial charge in [0.05, 0.1) is 4.88 Å². The molecule has 0 radical (unpaired) electrons. The van der Waals surface area contributed by atoms with Gasteiger partial charge in [-0.2, -0.15) is 0 Å². The number of ketones is 1. The summed E-state index contributed by atoms with van der Waals surface area (Å²) in [5.74, 6) is 0.287. The first-order valence-electron chi connectivity index (χ1n) is 6.45. The maximum Gasteiger partial charge on any atom is 0.173 e. The molecule has 1 aliphatic carbocycles. The zero-order valence-electron chi connectivity index (χ0n) is 10.5. The Balaban J connectivity index is 2.05. The third-order valence-electron chi connectivity index (χ3n) is 3.90. The summed E-state index contributed by atoms with van der Waals surface area (Å²) in [6, 6.07) is 3.98. The number of carbonyl (C=O) groups is 1. The quantitative estimate of drug-likeness (QED) is 0.832. The molecule has 1 saturated carbocycles. The highest BCUT2D eigenvalue weighted by molar-refractivity contribution is 7.14. The average Bonchev–Trinajstić information content (AvgIpc) is 2.77. The standard InChI is InChI=1S/C14H21NOS/c1-11-5-6-13(17-11)12(16)9-14(10-15)7-3-2-4-8-14/h5-6H,2-4,7-10,15H2,1H3. The van der Waals surface area contributed by atoms with Crippen LogP contribution in [0.5, 0.6) is 0 Å². The van der Waals surface area contributed by atoms with Gasteiger partial charge in [0.1, 0.15) is 0 Å². The van der Waals surface area contributed by atoms with E-state index in [0.29, 0.717) is 13.0 Å². The Morgan fingerprint density at radius 1 is 1.35 bits per heavy atom. The lowest BCUT2D eigenvalue weighted by Crippen LogP contribution is -2.34. The van der Waals surface area contributed by atoms with Crippen LogP contribution in [0.2, 0.25) is 0 Å². The molecule has 1 aromatic heterocycles. The number of hydrogen-bond donors (Lipinski definition) is 1. The SMILES string of the molecule is Cc1ccc(C(=O)CC2(CN)CCCCC2)s1. The van der Waals surface area contributed by atoms with Crippen LogP contribution in [-0.4, -0.2) is 12.3 Å². The topological polar surface area (TPSA) is 43.1 Å². The largest absolute Gasteiger partial charge is 0.330 e. The number of rotatable bonds is 4. The second-order valence-corrected chi connectivity index (χ2v) is 6.56. The van der Waals surface area contributed by atoms with E-state index in [-0.39, 0.29) is 11.2 Å². The highest BCUT2D eigenvalue weighted by atomic mass is 32.1. The van der Waals surface area contributed by atoms with Gasteiger partial charge in [0.25, 0.3) is 0 Å². The van der Waals surface area contributed by atoms with Crippen molar-refractivity contribution in [1.29, 1.82) is 0 Å². The molecular weight excluding hydrogens is 230 g/mol. The minimum absolute atomic E-state index is 0.0905. The fraction of sp³-hybridized carbons (Fsp3) is 0.643. The predicted octanol–water partition coefficient (Wildman–Crippen LogP) is 3.54. The minimum Gasteiger partial charge on any atom is -0.330 e. The normalized spacial score (nSPS) is 19.2. The van der Waals surface area contributed by atoms with Gasteiger partial charge in [-0.05, 0) is 43.9 Å². The van der Waals surface area contributed by atoms with Crippen molar-refractivity contribution < 1.29 is 4.79 Å². The van der Waals surface area contributed by atoms with Gasteiger partial charge in [-0.25, -0.2) is 0 Å². The lowest BCUT2D eigenvalue weighted by molar-refractivity contribution is 0.0872. The summed E-state index contributed by atoms with van der Waals surface area (Å²) >= 11 is 1.60. The Bertz CT molecular complexity index is 391. The molecule has 17 heavy (non-hydrogen) atoms. The van der Waals surface area contributed by atoms with E-state index in [4.69, 9.17) is 5.73 Å². The van der Waals surface area contributed by atoms with Gasteiger partial charge in [-0.1, -0.05) is 19.3 Å². The minimum atomic E-state index is 0.0905. The van der Waals surface area contributed by atoms with Crippen molar-refractivity contribution in [2.75, 3.05) is 6.54 Å². The van der Waals surface area contributed by atoms with Crippen molar-refractivity contribution in [3.05, 3.63) is 21.9 Å². The van der Waals surface area contributed by atoms with Gasteiger partial charge in [0, 0.05) is 11.3 Å². The predicted molar refractivity (Wildman–Crippen MR) is 72.6 cm³/mol. The molecule has 0 amide bonds. The van der Waals surface area contributed by atoms with E-state index in [2.05, 4.69) is 0 Å². The van der Waals surface area contributed by atoms with Gasteiger partial charge < -0.3 is 5.73 Å². The molecule has 1 fully saturated rings. The Morgan fingerprint density at radius 2 is 2.06 bits per heavy atom. The van der Waals surface area contributed by atoms with E-state index in [9.17, 15) is 4.79 Å². The van der Waals surface area contributed by atoms with Crippen LogP contribution in [0.25, 0.3) is 0 Å². The summed E-state index contributed by atoms with van der Waals surface area (Å²) in [4.78, 5) is 14.4. The summed E-state index contributed by atoms with van der Waals surface area (Å²) in [5, 5.41) is 0. The molecule has 0 unspecified atom stereocenters. The molecule has 3 heteroatoms. The van der Waals surface area contributed by atoms with E-state index in [1.807, 2.05) is 19.1 Å². The summed E-state index contributed by atoms with van der Waals surface area (Å²) in [6.07, 6.45) is 6.65. The zero-order valence-corrected chi connectivity index (χ0v) is 11.3. The summed E-state index contributed by atoms with van der Waals surface area (Å²) < 4.78 is 0. The number of thiophene rings is 1. The van der Waals surface area contributed by atoms with Crippen molar-refractivity contribution in [3.8, 4) is 0 Å². The van der Waals surface area contributed by atoms with Crippen LogP contribution in [0.3, 0.4) is 0 Å². The van der Waals surface area contributed by atoms with Crippen molar-refractivity contribution >= 4 is 17.1 Å². The smallest absolute Gasteiger partial charge is 0.173 e. The summed E-state index contributed by atoms with van der Waals surface area (Å²) in [6.45, 7) is 2.70. The molecule has 0 saturated heterocycles. The molecule has 2 nitrogen and oxygen atoms in total. The number of aryl methyl sites for hydroxylation is 1. The van der Waals surface area contributed by atoms with Crippen LogP contribution in [0, 0.1) is 12.3 Å². The van der Waals surface area contributed by atoms with Crippen LogP contribution < -0.4 is 5.73 Å². The Morgan fingerprint density at radius 3 is 2.59 bits per heavy atom. The van der Waals surface area contributed by atoms with E-state index in [1.165, 1.54) is 24.1 Å². The van der Waals surface area contributed by atoms with Crippen LogP contribution >= 0.6 is 11.3 Å². The van der Waals surface area contributed by atoms with E-state index < -0.39 is 0 Å². The fourth-order valence-corrected chi connectivity index (χ4v) is 3.57. The molecular formula is C14H21NOS. The molecule has 0 aromatic carbocycles. The molecule has 1 aliphatic rings. The lowest BCUT2D eigenvalue weighted by Gasteiger charge is -2.35. The van der Waals surface area contributed by atoms with E-state index in [0.717, 1.165) is 17.7 Å². The molecule has 1 aromatic rings. The van der Waals surface area contributed by atoms with Gasteiger partial charge in [0.15, 0.2) is 5.78 Å². The van der Waals surface area contributed by atoms with Crippen LogP contribution in [0.15, 0.2) is 12.1 Å². The molecule has 0 aliphatic heterocycles. The molecule has 0 spiro atoms. The molecule has 94 valence electrons. The van der Waals surface area contributed by atoms with E-state index in [1.54, 1.807) is 11.3 Å². The maximum absolute atomic E-state index is 12.2. The van der Waals surface area contributed by atoms with Crippen LogP contribution in [0.4, 0.5) is 0 Å². The lowest BCUT2D eigenvalue weighted by atomic mass is 9.71. The number of nitrogens with two attached hydrogens (primary N) is 1. The second kappa shape index (κ2) is 5.32. The first-order chi connectivity index (χ1) is 8.15. The van der Waals surface area contributed by atoms with Crippen LogP contribution in [0.1, 0.15) is 53.1 Å². The van der Waals surface area contributed by atoms with Crippen molar-refractivity contribution in [1.82, 2.24) is 0 Å². The highest BCUT2D eigenvalue weighted by Crippen LogP contribution is 2.39. The first kappa shape index (κ1) is 12.8. The first-order valence-corrected chi connectivity index (χ1v) is 7.27. The molecule has 2 N–H and O–H groups in total. The van der Waals surface area contributed by atoms with Crippen molar-refractivity contribution in [3.63, 3.8) is 0 Å². The summed E-state index contributed by atoms with van der Waals surface area (Å²) in [5.41, 5.74) is 6.01. The average molecular weight is 251 g/mol. The number of carbonyl (C=O) groups excluding carboxylic acids is 1.